The third-order valence-corrected chi connectivity index (χ3v) is 6.50. The number of carbonyl (C=O) groups is 1. The molecule has 1 amide bonds. The van der Waals surface area contributed by atoms with Gasteiger partial charge in [0.2, 0.25) is 0 Å². The average Bonchev–Trinajstić information content (AvgIpc) is 3.47. The van der Waals surface area contributed by atoms with Crippen LogP contribution in [0.5, 0.6) is 0 Å². The highest BCUT2D eigenvalue weighted by Crippen LogP contribution is 2.35. The molecule has 9 nitrogen and oxygen atoms in total. The molecular formula is C23H24F3N7O2. The van der Waals surface area contributed by atoms with Gasteiger partial charge in [0.1, 0.15) is 5.82 Å². The summed E-state index contributed by atoms with van der Waals surface area (Å²) < 4.78 is 40.4. The fraction of sp³-hybridized carbons (Fsp3) is 0.391. The summed E-state index contributed by atoms with van der Waals surface area (Å²) in [6, 6.07) is 8.68. The molecular weight excluding hydrogens is 463 g/mol. The number of benzene rings is 1. The fourth-order valence-corrected chi connectivity index (χ4v) is 4.63. The number of rotatable bonds is 5. The van der Waals surface area contributed by atoms with Gasteiger partial charge in [-0.05, 0) is 54.7 Å². The predicted molar refractivity (Wildman–Crippen MR) is 122 cm³/mol. The van der Waals surface area contributed by atoms with Crippen LogP contribution in [-0.2, 0) is 6.18 Å². The first-order valence-electron chi connectivity index (χ1n) is 11.3. The highest BCUT2D eigenvalue weighted by Gasteiger charge is 2.38. The number of nitrogens with one attached hydrogen (secondary N) is 1. The van der Waals surface area contributed by atoms with Gasteiger partial charge in [0.05, 0.1) is 6.61 Å². The Hall–Kier alpha value is -3.67. The van der Waals surface area contributed by atoms with Crippen molar-refractivity contribution < 1.29 is 23.1 Å². The minimum atomic E-state index is -4.64. The maximum absolute atomic E-state index is 13.2. The first kappa shape index (κ1) is 23.1. The summed E-state index contributed by atoms with van der Waals surface area (Å²) >= 11 is 0. The van der Waals surface area contributed by atoms with E-state index in [1.165, 1.54) is 11.0 Å². The van der Waals surface area contributed by atoms with Crippen molar-refractivity contribution in [3.8, 4) is 0 Å². The highest BCUT2D eigenvalue weighted by atomic mass is 19.4. The van der Waals surface area contributed by atoms with E-state index < -0.39 is 12.0 Å². The number of hydrogen-bond acceptors (Lipinski definition) is 6. The molecule has 2 N–H and O–H groups in total. The summed E-state index contributed by atoms with van der Waals surface area (Å²) in [5.41, 5.74) is 2.65. The molecule has 1 aliphatic heterocycles. The topological polar surface area (TPSA) is 103 Å². The average molecular weight is 487 g/mol. The number of aromatic nitrogens is 5. The molecule has 4 aromatic rings. The van der Waals surface area contributed by atoms with Crippen molar-refractivity contribution in [2.75, 3.05) is 38.2 Å². The lowest BCUT2D eigenvalue weighted by Gasteiger charge is -2.32. The SMILES string of the molecule is CN(CCO)C(=O)c1ccc2[nH]cc(C3CCN(c4ccc5nnc(C(F)(F)F)n5n4)CC3)c2c1. The molecule has 1 aliphatic rings. The number of piperidine rings is 1. The summed E-state index contributed by atoms with van der Waals surface area (Å²) in [7, 11) is 1.65. The molecule has 5 rings (SSSR count). The van der Waals surface area contributed by atoms with Gasteiger partial charge < -0.3 is 19.9 Å². The number of amides is 1. The largest absolute Gasteiger partial charge is 0.453 e. The number of aliphatic hydroxyl groups is 1. The lowest BCUT2D eigenvalue weighted by Crippen LogP contribution is -2.34. The summed E-state index contributed by atoms with van der Waals surface area (Å²) in [6.45, 7) is 1.40. The molecule has 0 saturated carbocycles. The standard InChI is InChI=1S/C23H24F3N7O2/c1-31(10-11-34)21(35)15-2-3-18-16(12-15)17(13-27-18)14-6-8-32(9-7-14)20-5-4-19-28-29-22(23(24,25)26)33(19)30-20/h2-5,12-14,27,34H,6-11H2,1H3. The van der Waals surface area contributed by atoms with Crippen LogP contribution in [0, 0.1) is 0 Å². The number of aliphatic hydroxyl groups excluding tert-OH is 1. The van der Waals surface area contributed by atoms with E-state index in [0.29, 0.717) is 24.5 Å². The van der Waals surface area contributed by atoms with Gasteiger partial charge in [-0.2, -0.15) is 17.7 Å². The van der Waals surface area contributed by atoms with Gasteiger partial charge in [0.25, 0.3) is 11.7 Å². The second-order valence-electron chi connectivity index (χ2n) is 8.70. The van der Waals surface area contributed by atoms with Gasteiger partial charge in [-0.15, -0.1) is 15.3 Å². The number of carbonyl (C=O) groups excluding carboxylic acids is 1. The van der Waals surface area contributed by atoms with E-state index in [1.807, 2.05) is 23.2 Å². The van der Waals surface area contributed by atoms with Gasteiger partial charge in [-0.25, -0.2) is 0 Å². The minimum Gasteiger partial charge on any atom is -0.395 e. The van der Waals surface area contributed by atoms with Gasteiger partial charge >= 0.3 is 6.18 Å². The Kier molecular flexibility index (Phi) is 5.83. The zero-order valence-electron chi connectivity index (χ0n) is 19.0. The first-order valence-corrected chi connectivity index (χ1v) is 11.3. The van der Waals surface area contributed by atoms with Crippen molar-refractivity contribution in [3.05, 3.63) is 53.5 Å². The molecule has 0 atom stereocenters. The molecule has 0 spiro atoms. The smallest absolute Gasteiger partial charge is 0.395 e. The molecule has 3 aromatic heterocycles. The van der Waals surface area contributed by atoms with Crippen molar-refractivity contribution in [2.24, 2.45) is 0 Å². The van der Waals surface area contributed by atoms with E-state index in [9.17, 15) is 18.0 Å². The van der Waals surface area contributed by atoms with E-state index in [-0.39, 0.29) is 30.6 Å². The van der Waals surface area contributed by atoms with Crippen molar-refractivity contribution in [3.63, 3.8) is 0 Å². The number of hydrogen-bond donors (Lipinski definition) is 2. The van der Waals surface area contributed by atoms with E-state index in [4.69, 9.17) is 5.11 Å². The van der Waals surface area contributed by atoms with Crippen molar-refractivity contribution in [2.45, 2.75) is 24.9 Å². The number of aromatic amines is 1. The molecule has 12 heteroatoms. The predicted octanol–water partition coefficient (Wildman–Crippen LogP) is 3.07. The molecule has 1 fully saturated rings. The highest BCUT2D eigenvalue weighted by molar-refractivity contribution is 5.98. The maximum atomic E-state index is 13.2. The second-order valence-corrected chi connectivity index (χ2v) is 8.70. The molecule has 1 saturated heterocycles. The summed E-state index contributed by atoms with van der Waals surface area (Å²) in [4.78, 5) is 19.4. The molecule has 0 radical (unpaired) electrons. The van der Waals surface area contributed by atoms with Crippen LogP contribution in [0.2, 0.25) is 0 Å². The Labute approximate surface area is 198 Å². The van der Waals surface area contributed by atoms with Crippen LogP contribution in [0.25, 0.3) is 16.6 Å². The number of anilines is 1. The number of likely N-dealkylation sites (N-methyl/N-ethyl adjacent to an activating group) is 1. The second kappa shape index (κ2) is 8.84. The number of halogens is 3. The molecule has 0 bridgehead atoms. The lowest BCUT2D eigenvalue weighted by molar-refractivity contribution is -0.146. The number of H-pyrrole nitrogens is 1. The summed E-state index contributed by atoms with van der Waals surface area (Å²) in [5, 5.41) is 21.0. The van der Waals surface area contributed by atoms with Crippen molar-refractivity contribution >= 4 is 28.3 Å². The van der Waals surface area contributed by atoms with E-state index in [1.54, 1.807) is 19.2 Å². The number of fused-ring (bicyclic) bond motifs is 2. The van der Waals surface area contributed by atoms with Crippen LogP contribution in [0.15, 0.2) is 36.5 Å². The lowest BCUT2D eigenvalue weighted by atomic mass is 9.89. The van der Waals surface area contributed by atoms with Gasteiger partial charge in [0.15, 0.2) is 5.65 Å². The normalized spacial score (nSPS) is 15.3. The third kappa shape index (κ3) is 4.29. The zero-order chi connectivity index (χ0) is 24.7. The molecule has 1 aromatic carbocycles. The summed E-state index contributed by atoms with van der Waals surface area (Å²) in [5.74, 6) is -0.625. The van der Waals surface area contributed by atoms with Crippen LogP contribution in [-0.4, -0.2) is 74.0 Å². The number of nitrogens with zero attached hydrogens (tertiary/aromatic N) is 6. The van der Waals surface area contributed by atoms with E-state index >= 15 is 0 Å². The minimum absolute atomic E-state index is 0.0461. The first-order chi connectivity index (χ1) is 16.8. The monoisotopic (exact) mass is 487 g/mol. The Morgan fingerprint density at radius 2 is 1.97 bits per heavy atom. The number of alkyl halides is 3. The van der Waals surface area contributed by atoms with E-state index in [0.717, 1.165) is 33.8 Å². The Morgan fingerprint density at radius 1 is 1.20 bits per heavy atom. The Bertz CT molecular complexity index is 1370. The van der Waals surface area contributed by atoms with Crippen LogP contribution >= 0.6 is 0 Å². The van der Waals surface area contributed by atoms with Crippen molar-refractivity contribution in [1.29, 1.82) is 0 Å². The van der Waals surface area contributed by atoms with E-state index in [2.05, 4.69) is 20.3 Å². The quantitative estimate of drug-likeness (QED) is 0.449. The molecule has 35 heavy (non-hydrogen) atoms. The van der Waals surface area contributed by atoms with Crippen LogP contribution < -0.4 is 4.90 Å². The molecule has 4 heterocycles. The van der Waals surface area contributed by atoms with Gasteiger partial charge in [-0.1, -0.05) is 0 Å². The van der Waals surface area contributed by atoms with Crippen molar-refractivity contribution in [1.82, 2.24) is 29.7 Å². The van der Waals surface area contributed by atoms with Gasteiger partial charge in [0, 0.05) is 49.3 Å². The van der Waals surface area contributed by atoms with Gasteiger partial charge in [-0.3, -0.25) is 4.79 Å². The molecule has 0 aliphatic carbocycles. The van der Waals surface area contributed by atoms with Crippen LogP contribution in [0.4, 0.5) is 19.0 Å². The Morgan fingerprint density at radius 3 is 2.69 bits per heavy atom. The molecule has 184 valence electrons. The summed E-state index contributed by atoms with van der Waals surface area (Å²) in [6.07, 6.45) is -1.11. The fourth-order valence-electron chi connectivity index (χ4n) is 4.63. The maximum Gasteiger partial charge on any atom is 0.453 e. The molecule has 0 unspecified atom stereocenters. The van der Waals surface area contributed by atoms with Crippen LogP contribution in [0.1, 0.15) is 40.5 Å². The Balaban J connectivity index is 1.34. The van der Waals surface area contributed by atoms with Crippen LogP contribution in [0.3, 0.4) is 0 Å². The third-order valence-electron chi connectivity index (χ3n) is 6.50. The zero-order valence-corrected chi connectivity index (χ0v) is 19.0.